The standard InChI is InChI=1S/C55H77N5O5.Mg/c1-13-38-35(8)41-28-43-37(10)40(24-25-47(61)65-27-26-34(7)23-17-22-33(6)21-16-20-32(5)19-15-18-31(3)4)51(59-43)48-49(54(63)64-12)53(62)50-52(48)60-46(55(50,11)56)30-45-39(14-2)36(9)42(58-45)29-44(38)57-41;/h13,26,28-33,37,40,43,49,51,62H,1,14-25,27,56H2,2-12H3;/q-4;+2/b34-26+,41-28-,44-29-,46-30-;/t32-,33-,37+,40+,43?,49-,51?,55+;/m1./s1. The van der Waals surface area contributed by atoms with E-state index >= 15 is 0 Å². The van der Waals surface area contributed by atoms with Crippen LogP contribution in [-0.2, 0) is 25.5 Å². The van der Waals surface area contributed by atoms with E-state index in [1.165, 1.54) is 57.6 Å². The number of hydrogen-bond donors (Lipinski definition) is 2. The monoisotopic (exact) mass is 912 g/mol. The molecule has 66 heavy (non-hydrogen) atoms. The molecule has 0 amide bonds. The Hall–Kier alpha value is -3.77. The molecule has 2 aromatic rings. The van der Waals surface area contributed by atoms with Gasteiger partial charge in [-0.1, -0.05) is 151 Å². The number of aromatic nitrogens is 2. The van der Waals surface area contributed by atoms with Gasteiger partial charge in [0.2, 0.25) is 0 Å². The molecular weight excluding hydrogens is 835 g/mol. The number of carbonyl (C=O) groups excluding carboxylic acids is 2. The number of rotatable bonds is 20. The number of aliphatic hydroxyl groups excluding tert-OH is 1. The molecule has 10 nitrogen and oxygen atoms in total. The molecular formula is C55H77MgN5O5-2. The number of nitrogens with two attached hydrogens (primary N) is 1. The Morgan fingerprint density at radius 1 is 0.955 bits per heavy atom. The molecule has 4 aliphatic rings. The third-order valence-corrected chi connectivity index (χ3v) is 15.0. The fourth-order valence-electron chi connectivity index (χ4n) is 10.8. The van der Waals surface area contributed by atoms with Gasteiger partial charge in [0, 0.05) is 12.0 Å². The first-order chi connectivity index (χ1) is 30.9. The molecule has 2 saturated heterocycles. The molecule has 0 radical (unpaired) electrons. The van der Waals surface area contributed by atoms with Crippen LogP contribution in [0.3, 0.4) is 0 Å². The Kier molecular flexibility index (Phi) is 18.5. The summed E-state index contributed by atoms with van der Waals surface area (Å²) in [6, 6.07) is -0.927. The molecule has 5 heterocycles. The van der Waals surface area contributed by atoms with Crippen LogP contribution in [0.4, 0.5) is 0 Å². The number of methoxy groups -OCH3 is 1. The SMILES string of the molecule is C=Cc1c(C)/c2[n-]/c1=C\c1[n-]c(c(CC)c1C)/C=C1\[N-]C3=C(C4[N-]C(\C=2)[C@@H](C)[C@@H]4CCC(=O)OC/C=C(\C)CCC[C@H](C)CCC[C@H](C)CCCC(C)C)[C@@H](C(=O)OC)C(O)=C3[C@@]1(C)N.[Mg+2]. The van der Waals surface area contributed by atoms with Gasteiger partial charge in [-0.15, -0.1) is 51.6 Å². The van der Waals surface area contributed by atoms with Crippen molar-refractivity contribution < 1.29 is 24.2 Å². The van der Waals surface area contributed by atoms with Gasteiger partial charge < -0.3 is 40.9 Å². The number of nitrogens with zero attached hydrogens (tertiary/aromatic N) is 4. The molecule has 8 atom stereocenters. The van der Waals surface area contributed by atoms with Gasteiger partial charge in [-0.2, -0.15) is 0 Å². The second-order valence-electron chi connectivity index (χ2n) is 20.4. The molecule has 356 valence electrons. The molecule has 3 N–H and O–H groups in total. The summed E-state index contributed by atoms with van der Waals surface area (Å²) >= 11 is 0. The number of allylic oxidation sites excluding steroid dienone is 1. The molecule has 3 aliphatic heterocycles. The van der Waals surface area contributed by atoms with Crippen LogP contribution in [0.25, 0.3) is 34.9 Å². The number of esters is 2. The van der Waals surface area contributed by atoms with Crippen LogP contribution in [0, 0.1) is 49.4 Å². The van der Waals surface area contributed by atoms with Crippen LogP contribution in [-0.4, -0.2) is 71.4 Å². The van der Waals surface area contributed by atoms with Crippen molar-refractivity contribution >= 4 is 59.3 Å². The maximum atomic E-state index is 13.7. The predicted molar refractivity (Wildman–Crippen MR) is 270 cm³/mol. The Morgan fingerprint density at radius 3 is 2.26 bits per heavy atom. The maximum absolute atomic E-state index is 13.7. The summed E-state index contributed by atoms with van der Waals surface area (Å²) in [5.41, 5.74) is 14.6. The van der Waals surface area contributed by atoms with E-state index in [-0.39, 0.29) is 65.7 Å². The Balaban J connectivity index is 0.00000817. The number of aliphatic hydroxyl groups is 1. The van der Waals surface area contributed by atoms with Gasteiger partial charge in [0.15, 0.2) is 0 Å². The zero-order chi connectivity index (χ0) is 47.3. The van der Waals surface area contributed by atoms with Crippen molar-refractivity contribution in [2.45, 2.75) is 164 Å². The third-order valence-electron chi connectivity index (χ3n) is 15.0. The minimum absolute atomic E-state index is 0. The molecule has 8 bridgehead atoms. The van der Waals surface area contributed by atoms with E-state index in [0.717, 1.165) is 75.4 Å². The molecule has 11 heteroatoms. The summed E-state index contributed by atoms with van der Waals surface area (Å²) in [5.74, 6) is -0.176. The van der Waals surface area contributed by atoms with Gasteiger partial charge in [-0.3, -0.25) is 9.59 Å². The van der Waals surface area contributed by atoms with Gasteiger partial charge in [-0.05, 0) is 88.3 Å². The summed E-state index contributed by atoms with van der Waals surface area (Å²) < 4.78 is 11.1. The molecule has 0 aromatic carbocycles. The number of hydrogen-bond acceptors (Lipinski definition) is 6. The molecule has 2 unspecified atom stereocenters. The second-order valence-corrected chi connectivity index (χ2v) is 20.4. The summed E-state index contributed by atoms with van der Waals surface area (Å²) in [5, 5.41) is 24.2. The van der Waals surface area contributed by atoms with Crippen molar-refractivity contribution in [1.82, 2.24) is 9.97 Å². The summed E-state index contributed by atoms with van der Waals surface area (Å²) in [4.78, 5) is 37.4. The first kappa shape index (κ1) is 53.2. The second kappa shape index (κ2) is 23.0. The van der Waals surface area contributed by atoms with E-state index < -0.39 is 23.5 Å². The Morgan fingerprint density at radius 2 is 1.62 bits per heavy atom. The average Bonchev–Trinajstić information content (AvgIpc) is 3.98. The van der Waals surface area contributed by atoms with E-state index in [0.29, 0.717) is 34.9 Å². The molecule has 6 rings (SSSR count). The van der Waals surface area contributed by atoms with Crippen molar-refractivity contribution in [3.8, 4) is 0 Å². The quantitative estimate of drug-likeness (QED) is 0.0756. The van der Waals surface area contributed by atoms with Crippen LogP contribution in [0.1, 0.15) is 160 Å². The van der Waals surface area contributed by atoms with E-state index in [4.69, 9.17) is 35.8 Å². The van der Waals surface area contributed by atoms with Crippen molar-refractivity contribution in [3.05, 3.63) is 102 Å². The molecule has 0 saturated carbocycles. The molecule has 1 aliphatic carbocycles. The summed E-state index contributed by atoms with van der Waals surface area (Å²) in [6.45, 7) is 26.0. The van der Waals surface area contributed by atoms with Crippen LogP contribution < -0.4 is 26.4 Å². The van der Waals surface area contributed by atoms with Gasteiger partial charge in [0.05, 0.1) is 7.11 Å². The van der Waals surface area contributed by atoms with Gasteiger partial charge in [0.1, 0.15) is 18.3 Å². The van der Waals surface area contributed by atoms with Crippen LogP contribution in [0.5, 0.6) is 0 Å². The smallest absolute Gasteiger partial charge is 0.659 e. The predicted octanol–water partition coefficient (Wildman–Crippen LogP) is 10.1. The van der Waals surface area contributed by atoms with E-state index in [2.05, 4.69) is 68.0 Å². The molecule has 2 aromatic heterocycles. The van der Waals surface area contributed by atoms with Crippen LogP contribution in [0.15, 0.2) is 46.5 Å². The fourth-order valence-corrected chi connectivity index (χ4v) is 10.8. The van der Waals surface area contributed by atoms with Crippen molar-refractivity contribution in [2.24, 2.45) is 41.2 Å². The topological polar surface area (TPSA) is 155 Å². The van der Waals surface area contributed by atoms with E-state index in [1.807, 2.05) is 38.2 Å². The number of carbonyl (C=O) groups is 2. The third kappa shape index (κ3) is 11.6. The first-order valence-corrected chi connectivity index (χ1v) is 24.6. The Labute approximate surface area is 411 Å². The summed E-state index contributed by atoms with van der Waals surface area (Å²) in [7, 11) is 1.32. The molecule has 0 spiro atoms. The minimum atomic E-state index is -1.25. The van der Waals surface area contributed by atoms with Crippen molar-refractivity contribution in [3.63, 3.8) is 0 Å². The van der Waals surface area contributed by atoms with Gasteiger partial charge in [-0.25, -0.2) is 0 Å². The van der Waals surface area contributed by atoms with E-state index in [1.54, 1.807) is 0 Å². The number of ether oxygens (including phenoxy) is 2. The maximum Gasteiger partial charge on any atom is 2.00 e. The number of fused-ring (bicyclic) bond motifs is 8. The van der Waals surface area contributed by atoms with Crippen molar-refractivity contribution in [2.75, 3.05) is 13.7 Å². The molecule has 2 fully saturated rings. The zero-order valence-corrected chi connectivity index (χ0v) is 43.5. The van der Waals surface area contributed by atoms with Gasteiger partial charge >= 0.3 is 35.0 Å². The minimum Gasteiger partial charge on any atom is -0.659 e. The van der Waals surface area contributed by atoms with Crippen LogP contribution >= 0.6 is 0 Å². The average molecular weight is 913 g/mol. The van der Waals surface area contributed by atoms with E-state index in [9.17, 15) is 14.7 Å². The zero-order valence-electron chi connectivity index (χ0n) is 42.1. The van der Waals surface area contributed by atoms with Crippen LogP contribution in [0.2, 0.25) is 0 Å². The Bertz CT molecular complexity index is 2340. The largest absolute Gasteiger partial charge is 2.00 e. The normalized spacial score (nSPS) is 26.2. The first-order valence-electron chi connectivity index (χ1n) is 24.6. The fraction of sp³-hybridized carbons (Fsp3) is 0.600. The summed E-state index contributed by atoms with van der Waals surface area (Å²) in [6.07, 6.45) is 22.5. The van der Waals surface area contributed by atoms with Gasteiger partial charge in [0.25, 0.3) is 0 Å². The van der Waals surface area contributed by atoms with Crippen molar-refractivity contribution in [1.29, 1.82) is 0 Å².